The zero-order chi connectivity index (χ0) is 14.2. The van der Waals surface area contributed by atoms with Gasteiger partial charge in [0.2, 0.25) is 11.8 Å². The van der Waals surface area contributed by atoms with Gasteiger partial charge in [-0.05, 0) is 18.8 Å². The Kier molecular flexibility index (Phi) is 3.90. The fraction of sp³-hybridized carbons (Fsp3) is 0.714. The van der Waals surface area contributed by atoms with Crippen LogP contribution in [0.2, 0.25) is 0 Å². The van der Waals surface area contributed by atoms with Crippen LogP contribution in [0.4, 0.5) is 0 Å². The Morgan fingerprint density at radius 1 is 1.47 bits per heavy atom. The lowest BCUT2D eigenvalue weighted by Gasteiger charge is -2.45. The Hall–Kier alpha value is -1.03. The van der Waals surface area contributed by atoms with Gasteiger partial charge in [0.25, 0.3) is 0 Å². The summed E-state index contributed by atoms with van der Waals surface area (Å²) in [4.78, 5) is 26.7. The third-order valence-corrected chi connectivity index (χ3v) is 4.19. The van der Waals surface area contributed by atoms with Crippen molar-refractivity contribution in [1.82, 2.24) is 10.2 Å². The van der Waals surface area contributed by atoms with Crippen molar-refractivity contribution in [1.29, 1.82) is 0 Å². The maximum Gasteiger partial charge on any atom is 0.249 e. The maximum atomic E-state index is 12.8. The quantitative estimate of drug-likeness (QED) is 0.862. The zero-order valence-corrected chi connectivity index (χ0v) is 12.3. The smallest absolute Gasteiger partial charge is 0.249 e. The van der Waals surface area contributed by atoms with Crippen LogP contribution in [0.3, 0.4) is 0 Å². The summed E-state index contributed by atoms with van der Waals surface area (Å²) in [7, 11) is 0. The first-order chi connectivity index (χ1) is 8.87. The van der Waals surface area contributed by atoms with Gasteiger partial charge in [0, 0.05) is 5.03 Å². The molecule has 0 aromatic carbocycles. The number of hydrogen-bond acceptors (Lipinski definition) is 2. The van der Waals surface area contributed by atoms with Crippen molar-refractivity contribution in [2.45, 2.75) is 51.1 Å². The molecule has 2 fully saturated rings. The highest BCUT2D eigenvalue weighted by Gasteiger charge is 2.52. The first-order valence-electron chi connectivity index (χ1n) is 6.84. The average Bonchev–Trinajstić information content (AvgIpc) is 2.74. The number of amides is 2. The van der Waals surface area contributed by atoms with Gasteiger partial charge in [0.15, 0.2) is 0 Å². The minimum atomic E-state index is -0.686. The molecular formula is C14H21ClN2O2. The van der Waals surface area contributed by atoms with Crippen LogP contribution in [-0.4, -0.2) is 34.8 Å². The number of nitrogens with one attached hydrogen (secondary N) is 1. The molecule has 2 aliphatic rings. The van der Waals surface area contributed by atoms with E-state index in [9.17, 15) is 9.59 Å². The summed E-state index contributed by atoms with van der Waals surface area (Å²) in [5.41, 5.74) is -0.686. The van der Waals surface area contributed by atoms with Crippen molar-refractivity contribution in [3.05, 3.63) is 11.6 Å². The maximum absolute atomic E-state index is 12.8. The summed E-state index contributed by atoms with van der Waals surface area (Å²) in [6.07, 6.45) is 3.42. The predicted molar refractivity (Wildman–Crippen MR) is 74.7 cm³/mol. The molecule has 0 bridgehead atoms. The van der Waals surface area contributed by atoms with Crippen LogP contribution in [0.1, 0.15) is 39.5 Å². The van der Waals surface area contributed by atoms with Crippen molar-refractivity contribution >= 4 is 23.4 Å². The van der Waals surface area contributed by atoms with Gasteiger partial charge >= 0.3 is 0 Å². The van der Waals surface area contributed by atoms with Crippen LogP contribution >= 0.6 is 11.6 Å². The lowest BCUT2D eigenvalue weighted by molar-refractivity contribution is -0.156. The molecule has 0 aromatic rings. The molecule has 1 saturated heterocycles. The average molecular weight is 285 g/mol. The normalized spacial score (nSPS) is 26.1. The van der Waals surface area contributed by atoms with Crippen LogP contribution in [0.5, 0.6) is 0 Å². The standard InChI is InChI=1S/C14H21ClN2O2/c1-9(2)11-12(18)16-14(6-4-5-7-14)13(19)17(11)8-10(3)15/h9,11H,3-8H2,1-2H3,(H,16,18). The number of carbonyl (C=O) groups excluding carboxylic acids is 2. The summed E-state index contributed by atoms with van der Waals surface area (Å²) < 4.78 is 0. The predicted octanol–water partition coefficient (Wildman–Crippen LogP) is 2.03. The molecule has 1 unspecified atom stereocenters. The lowest BCUT2D eigenvalue weighted by Crippen LogP contribution is -2.70. The van der Waals surface area contributed by atoms with Crippen molar-refractivity contribution in [3.63, 3.8) is 0 Å². The second-order valence-electron chi connectivity index (χ2n) is 5.92. The van der Waals surface area contributed by atoms with Gasteiger partial charge in [-0.25, -0.2) is 0 Å². The lowest BCUT2D eigenvalue weighted by atomic mass is 9.87. The summed E-state index contributed by atoms with van der Waals surface area (Å²) in [6, 6.07) is -0.450. The molecule has 1 saturated carbocycles. The van der Waals surface area contributed by atoms with E-state index in [1.165, 1.54) is 0 Å². The third kappa shape index (κ3) is 2.50. The van der Waals surface area contributed by atoms with E-state index in [0.29, 0.717) is 5.03 Å². The molecule has 1 N–H and O–H groups in total. The molecule has 1 heterocycles. The molecular weight excluding hydrogens is 264 g/mol. The highest BCUT2D eigenvalue weighted by Crippen LogP contribution is 2.36. The molecule has 2 amide bonds. The number of nitrogens with zero attached hydrogens (tertiary/aromatic N) is 1. The molecule has 1 aliphatic carbocycles. The second-order valence-corrected chi connectivity index (χ2v) is 6.45. The van der Waals surface area contributed by atoms with Gasteiger partial charge in [-0.2, -0.15) is 0 Å². The summed E-state index contributed by atoms with van der Waals surface area (Å²) in [5.74, 6) is -0.00163. The number of rotatable bonds is 3. The molecule has 1 atom stereocenters. The molecule has 2 rings (SSSR count). The first kappa shape index (κ1) is 14.4. The van der Waals surface area contributed by atoms with E-state index in [1.54, 1.807) is 4.90 Å². The van der Waals surface area contributed by atoms with Crippen molar-refractivity contribution in [3.8, 4) is 0 Å². The molecule has 1 aliphatic heterocycles. The Bertz CT molecular complexity index is 414. The van der Waals surface area contributed by atoms with E-state index < -0.39 is 11.6 Å². The van der Waals surface area contributed by atoms with E-state index >= 15 is 0 Å². The number of hydrogen-bond donors (Lipinski definition) is 1. The second kappa shape index (κ2) is 5.16. The Balaban J connectivity index is 2.33. The largest absolute Gasteiger partial charge is 0.340 e. The molecule has 0 radical (unpaired) electrons. The first-order valence-corrected chi connectivity index (χ1v) is 7.21. The molecule has 0 aromatic heterocycles. The van der Waals surface area contributed by atoms with Crippen LogP contribution in [0, 0.1) is 5.92 Å². The van der Waals surface area contributed by atoms with Gasteiger partial charge in [-0.3, -0.25) is 9.59 Å². The van der Waals surface area contributed by atoms with Gasteiger partial charge < -0.3 is 10.2 Å². The SMILES string of the molecule is C=C(Cl)CN1C(=O)C2(CCCC2)NC(=O)C1C(C)C. The summed E-state index contributed by atoms with van der Waals surface area (Å²) >= 11 is 5.87. The van der Waals surface area contributed by atoms with E-state index in [4.69, 9.17) is 11.6 Å². The fourth-order valence-electron chi connectivity index (χ4n) is 3.24. The minimum absolute atomic E-state index is 0.00472. The Morgan fingerprint density at radius 3 is 2.53 bits per heavy atom. The molecule has 19 heavy (non-hydrogen) atoms. The summed E-state index contributed by atoms with van der Waals surface area (Å²) in [5, 5.41) is 3.36. The minimum Gasteiger partial charge on any atom is -0.340 e. The highest BCUT2D eigenvalue weighted by molar-refractivity contribution is 6.29. The number of halogens is 1. The molecule has 5 heteroatoms. The van der Waals surface area contributed by atoms with Gasteiger partial charge in [-0.1, -0.05) is 44.9 Å². The van der Waals surface area contributed by atoms with Gasteiger partial charge in [-0.15, -0.1) is 0 Å². The van der Waals surface area contributed by atoms with Crippen LogP contribution < -0.4 is 5.32 Å². The molecule has 106 valence electrons. The molecule has 4 nitrogen and oxygen atoms in total. The highest BCUT2D eigenvalue weighted by atomic mass is 35.5. The van der Waals surface area contributed by atoms with E-state index in [-0.39, 0.29) is 24.3 Å². The van der Waals surface area contributed by atoms with E-state index in [2.05, 4.69) is 11.9 Å². The fourth-order valence-corrected chi connectivity index (χ4v) is 3.37. The van der Waals surface area contributed by atoms with Gasteiger partial charge in [0.1, 0.15) is 11.6 Å². The van der Waals surface area contributed by atoms with Crippen LogP contribution in [-0.2, 0) is 9.59 Å². The van der Waals surface area contributed by atoms with Crippen LogP contribution in [0.15, 0.2) is 11.6 Å². The Morgan fingerprint density at radius 2 is 2.05 bits per heavy atom. The van der Waals surface area contributed by atoms with Crippen molar-refractivity contribution < 1.29 is 9.59 Å². The Labute approximate surface area is 119 Å². The number of piperazine rings is 1. The number of carbonyl (C=O) groups is 2. The van der Waals surface area contributed by atoms with E-state index in [1.807, 2.05) is 13.8 Å². The van der Waals surface area contributed by atoms with E-state index in [0.717, 1.165) is 25.7 Å². The van der Waals surface area contributed by atoms with Crippen molar-refractivity contribution in [2.24, 2.45) is 5.92 Å². The zero-order valence-electron chi connectivity index (χ0n) is 11.5. The third-order valence-electron chi connectivity index (χ3n) is 4.07. The van der Waals surface area contributed by atoms with Crippen LogP contribution in [0.25, 0.3) is 0 Å². The topological polar surface area (TPSA) is 49.4 Å². The molecule has 1 spiro atoms. The summed E-state index contributed by atoms with van der Waals surface area (Å²) in [6.45, 7) is 7.78. The monoisotopic (exact) mass is 284 g/mol. The van der Waals surface area contributed by atoms with Crippen molar-refractivity contribution in [2.75, 3.05) is 6.54 Å². The van der Waals surface area contributed by atoms with Gasteiger partial charge in [0.05, 0.1) is 6.54 Å².